The molecule has 216 valence electrons. The molecular formula is C44H36Hf. The van der Waals surface area contributed by atoms with E-state index in [0.29, 0.717) is 0 Å². The topological polar surface area (TPSA) is 0 Å². The van der Waals surface area contributed by atoms with E-state index in [0.717, 1.165) is 0 Å². The quantitative estimate of drug-likeness (QED) is 0.154. The van der Waals surface area contributed by atoms with Gasteiger partial charge < -0.3 is 0 Å². The summed E-state index contributed by atoms with van der Waals surface area (Å²) in [5.41, 5.74) is 11.4. The van der Waals surface area contributed by atoms with Crippen LogP contribution in [0.2, 0.25) is 4.68 Å². The molecule has 0 N–H and O–H groups in total. The number of benzene rings is 6. The summed E-state index contributed by atoms with van der Waals surface area (Å²) in [6, 6.07) is 60.8. The first-order valence-corrected chi connectivity index (χ1v) is 29.7. The summed E-state index contributed by atoms with van der Waals surface area (Å²) in [7, 11) is 0. The first-order chi connectivity index (χ1) is 22.1. The molecule has 0 amide bonds. The average molecular weight is 743 g/mol. The van der Waals surface area contributed by atoms with Crippen molar-refractivity contribution in [2.24, 2.45) is 0 Å². The molecule has 0 spiro atoms. The van der Waals surface area contributed by atoms with Gasteiger partial charge in [-0.3, -0.25) is 0 Å². The Bertz CT molecular complexity index is 2040. The third-order valence-electron chi connectivity index (χ3n) is 12.7. The molecule has 2 atom stereocenters. The zero-order valence-corrected chi connectivity index (χ0v) is 29.1. The van der Waals surface area contributed by atoms with E-state index in [2.05, 4.69) is 187 Å². The van der Waals surface area contributed by atoms with Crippen molar-refractivity contribution in [3.05, 3.63) is 203 Å². The van der Waals surface area contributed by atoms with Crippen molar-refractivity contribution >= 4 is 18.8 Å². The summed E-state index contributed by atoms with van der Waals surface area (Å²) >= 11 is -5.89. The fourth-order valence-electron chi connectivity index (χ4n) is 10.9. The molecule has 0 nitrogen and oxygen atoms in total. The van der Waals surface area contributed by atoms with Gasteiger partial charge in [-0.05, 0) is 0 Å². The SMILES string of the molecule is [CH3][Hf]([c]1ccccc1)([c]1ccccc1)([CH]1C=Cc2ccccc21)([CH]1C=Cc2ccccc21)[CH]1c2ccccc2-c2ccccc21. The van der Waals surface area contributed by atoms with Gasteiger partial charge >= 0.3 is 266 Å². The van der Waals surface area contributed by atoms with Gasteiger partial charge in [-0.1, -0.05) is 0 Å². The molecule has 0 saturated carbocycles. The van der Waals surface area contributed by atoms with Crippen LogP contribution in [0, 0.1) is 0 Å². The van der Waals surface area contributed by atoms with Crippen molar-refractivity contribution in [2.75, 3.05) is 0 Å². The van der Waals surface area contributed by atoms with E-state index in [1.807, 2.05) is 0 Å². The second-order valence-corrected chi connectivity index (χ2v) is 45.3. The molecule has 6 aromatic carbocycles. The van der Waals surface area contributed by atoms with Crippen LogP contribution in [0.25, 0.3) is 23.3 Å². The molecule has 3 aliphatic rings. The summed E-state index contributed by atoms with van der Waals surface area (Å²) in [6.45, 7) is 0. The van der Waals surface area contributed by atoms with Gasteiger partial charge in [0.1, 0.15) is 0 Å². The number of allylic oxidation sites excluding steroid dienone is 2. The van der Waals surface area contributed by atoms with Gasteiger partial charge in [0.15, 0.2) is 0 Å². The molecule has 0 fully saturated rings. The predicted octanol–water partition coefficient (Wildman–Crippen LogP) is 10.2. The Balaban J connectivity index is 1.62. The Kier molecular flexibility index (Phi) is 5.61. The molecule has 0 aliphatic heterocycles. The molecular weight excluding hydrogens is 707 g/mol. The monoisotopic (exact) mass is 744 g/mol. The van der Waals surface area contributed by atoms with Gasteiger partial charge in [0, 0.05) is 0 Å². The van der Waals surface area contributed by atoms with Crippen molar-refractivity contribution in [3.63, 3.8) is 0 Å². The average Bonchev–Trinajstić information content (AvgIpc) is 3.85. The summed E-state index contributed by atoms with van der Waals surface area (Å²) in [6.07, 6.45) is 10.1. The second kappa shape index (κ2) is 9.35. The van der Waals surface area contributed by atoms with Gasteiger partial charge in [0.25, 0.3) is 0 Å². The number of fused-ring (bicyclic) bond motifs is 5. The maximum absolute atomic E-state index is 5.89. The molecule has 9 rings (SSSR count). The molecule has 0 saturated heterocycles. The van der Waals surface area contributed by atoms with Gasteiger partial charge in [0.2, 0.25) is 0 Å². The zero-order valence-electron chi connectivity index (χ0n) is 25.6. The normalized spacial score (nSPS) is 19.3. The van der Waals surface area contributed by atoms with Crippen LogP contribution in [-0.4, -0.2) is 0 Å². The van der Waals surface area contributed by atoms with E-state index in [-0.39, 0.29) is 11.0 Å². The fraction of sp³-hybridized carbons (Fsp3) is 0.0909. The second-order valence-electron chi connectivity index (χ2n) is 14.1. The predicted molar refractivity (Wildman–Crippen MR) is 188 cm³/mol. The molecule has 45 heavy (non-hydrogen) atoms. The third kappa shape index (κ3) is 3.06. The van der Waals surface area contributed by atoms with Crippen LogP contribution in [0.4, 0.5) is 0 Å². The van der Waals surface area contributed by atoms with E-state index in [9.17, 15) is 0 Å². The molecule has 2 unspecified atom stereocenters. The van der Waals surface area contributed by atoms with Crippen molar-refractivity contribution in [1.82, 2.24) is 0 Å². The van der Waals surface area contributed by atoms with E-state index < -0.39 is 17.0 Å². The molecule has 1 heteroatoms. The first-order valence-electron chi connectivity index (χ1n) is 16.3. The summed E-state index contributed by atoms with van der Waals surface area (Å²) in [5, 5.41) is 0. The van der Waals surface area contributed by atoms with E-state index in [4.69, 9.17) is 0 Å². The minimum absolute atomic E-state index is 0.179. The molecule has 0 heterocycles. The van der Waals surface area contributed by atoms with Crippen LogP contribution >= 0.6 is 0 Å². The standard InChI is InChI=1S/C13H9.2C9H7.2C6H5.CH3.Hf/c1-3-7-12-10(5-1)9-11-6-2-4-8-13(11)12;2*1-2-5-9-7-3-6-8(9)4-1;2*1-2-4-6-5-3-1;;/h1-9H;2*1-7H;2*1-5H;1H3;. The van der Waals surface area contributed by atoms with Crippen LogP contribution in [0.5, 0.6) is 0 Å². The summed E-state index contributed by atoms with van der Waals surface area (Å²) < 4.78 is 6.52. The summed E-state index contributed by atoms with van der Waals surface area (Å²) in [5.74, 6) is 0. The zero-order chi connectivity index (χ0) is 30.1. The molecule has 0 aromatic heterocycles. The Morgan fingerprint density at radius 2 is 0.733 bits per heavy atom. The Morgan fingerprint density at radius 3 is 1.18 bits per heavy atom. The van der Waals surface area contributed by atoms with Crippen LogP contribution in [0.15, 0.2) is 170 Å². The van der Waals surface area contributed by atoms with E-state index in [1.165, 1.54) is 51.1 Å². The van der Waals surface area contributed by atoms with E-state index >= 15 is 0 Å². The van der Waals surface area contributed by atoms with Crippen molar-refractivity contribution in [2.45, 2.75) is 15.7 Å². The number of hydrogen-bond donors (Lipinski definition) is 0. The van der Waals surface area contributed by atoms with Crippen molar-refractivity contribution in [1.29, 1.82) is 0 Å². The van der Waals surface area contributed by atoms with Gasteiger partial charge in [-0.15, -0.1) is 0 Å². The van der Waals surface area contributed by atoms with Gasteiger partial charge in [0.05, 0.1) is 0 Å². The molecule has 3 aliphatic carbocycles. The van der Waals surface area contributed by atoms with Crippen molar-refractivity contribution in [3.8, 4) is 11.1 Å². The fourth-order valence-corrected chi connectivity index (χ4v) is 55.6. The molecule has 0 bridgehead atoms. The molecule has 0 radical (unpaired) electrons. The van der Waals surface area contributed by atoms with Crippen LogP contribution in [-0.2, 0) is 17.0 Å². The molecule has 6 aromatic rings. The van der Waals surface area contributed by atoms with Gasteiger partial charge in [-0.2, -0.15) is 0 Å². The van der Waals surface area contributed by atoms with Crippen LogP contribution in [0.3, 0.4) is 0 Å². The number of hydrogen-bond acceptors (Lipinski definition) is 0. The Hall–Kier alpha value is -4.33. The van der Waals surface area contributed by atoms with Crippen molar-refractivity contribution < 1.29 is 17.0 Å². The summed E-state index contributed by atoms with van der Waals surface area (Å²) in [4.78, 5) is 0. The number of rotatable bonds is 5. The van der Waals surface area contributed by atoms with Crippen LogP contribution in [0.1, 0.15) is 44.4 Å². The van der Waals surface area contributed by atoms with Gasteiger partial charge in [-0.25, -0.2) is 0 Å². The maximum atomic E-state index is 2.87. The third-order valence-corrected chi connectivity index (χ3v) is 55.0. The van der Waals surface area contributed by atoms with E-state index in [1.54, 1.807) is 0 Å². The Labute approximate surface area is 264 Å². The minimum atomic E-state index is -5.89. The van der Waals surface area contributed by atoms with Crippen LogP contribution < -0.4 is 6.64 Å². The Morgan fingerprint density at radius 1 is 0.378 bits per heavy atom. The first kappa shape index (κ1) is 27.0.